The highest BCUT2D eigenvalue weighted by Crippen LogP contribution is 2.58. The maximum Gasteiger partial charge on any atom is 0.435 e. The zero-order chi connectivity index (χ0) is 33.4. The van der Waals surface area contributed by atoms with E-state index in [1.54, 1.807) is 6.92 Å². The van der Waals surface area contributed by atoms with E-state index in [9.17, 15) is 58.2 Å². The average Bonchev–Trinajstić information content (AvgIpc) is 3.37. The minimum absolute atomic E-state index is 0.165. The lowest BCUT2D eigenvalue weighted by Crippen LogP contribution is -2.57. The van der Waals surface area contributed by atoms with Gasteiger partial charge in [0.05, 0.1) is 16.9 Å². The molecule has 2 atom stereocenters. The van der Waals surface area contributed by atoms with Crippen molar-refractivity contribution in [2.45, 2.75) is 72.7 Å². The minimum Gasteiger partial charge on any atom is -0.491 e. The van der Waals surface area contributed by atoms with Gasteiger partial charge >= 0.3 is 24.0 Å². The van der Waals surface area contributed by atoms with Gasteiger partial charge in [-0.3, -0.25) is 9.59 Å². The molecule has 2 unspecified atom stereocenters. The van der Waals surface area contributed by atoms with Crippen LogP contribution in [0.2, 0.25) is 0 Å². The lowest BCUT2D eigenvalue weighted by atomic mass is 9.70. The molecule has 2 aromatic carbocycles. The first-order chi connectivity index (χ1) is 20.7. The number of halogens is 8. The van der Waals surface area contributed by atoms with Gasteiger partial charge in [0.25, 0.3) is 0 Å². The van der Waals surface area contributed by atoms with Gasteiger partial charge in [0.2, 0.25) is 5.91 Å². The first-order valence-electron chi connectivity index (χ1n) is 13.8. The quantitative estimate of drug-likeness (QED) is 0.307. The first-order valence-corrected chi connectivity index (χ1v) is 15.3. The Hall–Kier alpha value is -3.43. The van der Waals surface area contributed by atoms with Crippen LogP contribution in [0.25, 0.3) is 0 Å². The number of nitrogens with zero attached hydrogens (tertiary/aromatic N) is 1. The second-order valence-corrected chi connectivity index (χ2v) is 14.2. The standard InChI is InChI=1S/C29H27F8NO6S/c1-25(10-8-16(9-11-25)23(39)40)24(41)38-13-12-26(45(42,43)19-5-3-18(30)4-6-19)20-7-2-17(14-21(20)44-15-22(26)38)27(31,28(32,33)34)29(35,36)37/h2-7,14,16,22H,8-13,15H2,1H3,(H,39,40)/t16-,22?,25-,26?. The van der Waals surface area contributed by atoms with Crippen molar-refractivity contribution in [3.8, 4) is 5.75 Å². The molecule has 5 rings (SSSR count). The molecule has 2 aromatic rings. The molecule has 45 heavy (non-hydrogen) atoms. The van der Waals surface area contributed by atoms with Gasteiger partial charge in [-0.15, -0.1) is 0 Å². The number of carboxylic acids is 1. The van der Waals surface area contributed by atoms with E-state index in [1.165, 1.54) is 4.90 Å². The molecule has 1 amide bonds. The summed E-state index contributed by atoms with van der Waals surface area (Å²) in [5.74, 6) is -3.73. The Balaban J connectivity index is 1.64. The van der Waals surface area contributed by atoms with Crippen molar-refractivity contribution in [2.75, 3.05) is 13.2 Å². The summed E-state index contributed by atoms with van der Waals surface area (Å²) in [6, 6.07) is 3.26. The van der Waals surface area contributed by atoms with Gasteiger partial charge in [0.1, 0.15) is 22.9 Å². The molecule has 1 saturated heterocycles. The number of carbonyl (C=O) groups is 2. The summed E-state index contributed by atoms with van der Waals surface area (Å²) in [6.07, 6.45) is -12.5. The van der Waals surface area contributed by atoms with Crippen molar-refractivity contribution in [1.29, 1.82) is 0 Å². The van der Waals surface area contributed by atoms with E-state index < -0.39 is 90.5 Å². The Kier molecular flexibility index (Phi) is 7.73. The summed E-state index contributed by atoms with van der Waals surface area (Å²) in [4.78, 5) is 26.3. The number of alkyl halides is 7. The van der Waals surface area contributed by atoms with E-state index in [1.807, 2.05) is 0 Å². The van der Waals surface area contributed by atoms with Crippen LogP contribution in [0.15, 0.2) is 47.4 Å². The van der Waals surface area contributed by atoms with Crippen LogP contribution in [-0.4, -0.2) is 61.8 Å². The van der Waals surface area contributed by atoms with Gasteiger partial charge in [-0.25, -0.2) is 17.2 Å². The molecule has 3 aliphatic rings. The summed E-state index contributed by atoms with van der Waals surface area (Å²) >= 11 is 0. The van der Waals surface area contributed by atoms with Gasteiger partial charge in [-0.2, -0.15) is 26.3 Å². The van der Waals surface area contributed by atoms with E-state index in [2.05, 4.69) is 0 Å². The van der Waals surface area contributed by atoms with E-state index in [0.717, 1.165) is 24.3 Å². The van der Waals surface area contributed by atoms with Crippen LogP contribution in [-0.2, 0) is 29.8 Å². The number of likely N-dealkylation sites (tertiary alicyclic amines) is 1. The molecule has 0 spiro atoms. The topological polar surface area (TPSA) is 101 Å². The van der Waals surface area contributed by atoms with Gasteiger partial charge in [-0.05, 0) is 62.4 Å². The second kappa shape index (κ2) is 10.6. The van der Waals surface area contributed by atoms with Crippen molar-refractivity contribution in [3.63, 3.8) is 0 Å². The second-order valence-electron chi connectivity index (χ2n) is 12.0. The van der Waals surface area contributed by atoms with Crippen molar-refractivity contribution in [1.82, 2.24) is 4.90 Å². The smallest absolute Gasteiger partial charge is 0.435 e. The van der Waals surface area contributed by atoms with Gasteiger partial charge in [-0.1, -0.05) is 19.1 Å². The molecular weight excluding hydrogens is 642 g/mol. The lowest BCUT2D eigenvalue weighted by Gasteiger charge is -2.45. The third-order valence-corrected chi connectivity index (χ3v) is 12.0. The first kappa shape index (κ1) is 32.9. The van der Waals surface area contributed by atoms with E-state index in [-0.39, 0.29) is 56.3 Å². The molecule has 246 valence electrons. The van der Waals surface area contributed by atoms with Gasteiger partial charge < -0.3 is 14.7 Å². The van der Waals surface area contributed by atoms with Gasteiger partial charge in [0.15, 0.2) is 9.84 Å². The minimum atomic E-state index is -6.43. The van der Waals surface area contributed by atoms with Crippen LogP contribution in [0.4, 0.5) is 35.1 Å². The number of aliphatic carboxylic acids is 1. The van der Waals surface area contributed by atoms with E-state index in [4.69, 9.17) is 4.74 Å². The molecule has 0 radical (unpaired) electrons. The predicted molar refractivity (Wildman–Crippen MR) is 140 cm³/mol. The summed E-state index contributed by atoms with van der Waals surface area (Å²) in [6.45, 7) is 0.708. The largest absolute Gasteiger partial charge is 0.491 e. The maximum absolute atomic E-state index is 15.0. The van der Waals surface area contributed by atoms with Gasteiger partial charge in [0, 0.05) is 23.1 Å². The number of rotatable bonds is 5. The normalized spacial score (nSPS) is 27.4. The molecule has 16 heteroatoms. The number of carboxylic acid groups (broad SMARTS) is 1. The zero-order valence-corrected chi connectivity index (χ0v) is 24.3. The molecule has 2 fully saturated rings. The summed E-state index contributed by atoms with van der Waals surface area (Å²) in [5.41, 5.74) is -9.16. The van der Waals surface area contributed by atoms with Crippen molar-refractivity contribution in [2.24, 2.45) is 11.3 Å². The van der Waals surface area contributed by atoms with Crippen LogP contribution in [0.1, 0.15) is 50.2 Å². The van der Waals surface area contributed by atoms with Crippen LogP contribution in [0.5, 0.6) is 5.75 Å². The number of hydrogen-bond donors (Lipinski definition) is 1. The number of amides is 1. The number of ether oxygens (including phenoxy) is 1. The van der Waals surface area contributed by atoms with Crippen LogP contribution in [0.3, 0.4) is 0 Å². The molecule has 2 heterocycles. The molecule has 1 N–H and O–H groups in total. The molecule has 1 saturated carbocycles. The fourth-order valence-electron chi connectivity index (χ4n) is 6.85. The Morgan fingerprint density at radius 2 is 1.51 bits per heavy atom. The predicted octanol–water partition coefficient (Wildman–Crippen LogP) is 6.06. The Labute approximate surface area is 252 Å². The van der Waals surface area contributed by atoms with Crippen molar-refractivity contribution >= 4 is 21.7 Å². The zero-order valence-electron chi connectivity index (χ0n) is 23.5. The fraction of sp³-hybridized carbons (Fsp3) is 0.517. The number of carbonyl (C=O) groups excluding carboxylic acids is 1. The average molecular weight is 670 g/mol. The number of hydrogen-bond acceptors (Lipinski definition) is 5. The van der Waals surface area contributed by atoms with Crippen LogP contribution < -0.4 is 4.74 Å². The summed E-state index contributed by atoms with van der Waals surface area (Å²) in [7, 11) is -4.69. The van der Waals surface area contributed by atoms with Crippen molar-refractivity contribution in [3.05, 3.63) is 59.4 Å². The fourth-order valence-corrected chi connectivity index (χ4v) is 9.14. The highest BCUT2D eigenvalue weighted by molar-refractivity contribution is 7.92. The number of benzene rings is 2. The number of fused-ring (bicyclic) bond motifs is 3. The summed E-state index contributed by atoms with van der Waals surface area (Å²) < 4.78 is 142. The third kappa shape index (κ3) is 4.85. The van der Waals surface area contributed by atoms with E-state index >= 15 is 0 Å². The van der Waals surface area contributed by atoms with Crippen molar-refractivity contribution < 1.29 is 63.0 Å². The Morgan fingerprint density at radius 1 is 0.933 bits per heavy atom. The molecule has 1 aliphatic carbocycles. The third-order valence-electron chi connectivity index (χ3n) is 9.47. The molecule has 0 aromatic heterocycles. The Morgan fingerprint density at radius 3 is 2.04 bits per heavy atom. The highest BCUT2D eigenvalue weighted by Gasteiger charge is 2.74. The molecule has 2 aliphatic heterocycles. The molecule has 7 nitrogen and oxygen atoms in total. The lowest BCUT2D eigenvalue weighted by molar-refractivity contribution is -0.348. The van der Waals surface area contributed by atoms with Crippen LogP contribution in [0, 0.1) is 17.2 Å². The Bertz CT molecular complexity index is 1600. The van der Waals surface area contributed by atoms with Crippen LogP contribution >= 0.6 is 0 Å². The SMILES string of the molecule is C[C@]1(C(=O)N2CCC3(S(=O)(=O)c4ccc(F)cc4)c4ccc(C(F)(C(F)(F)F)C(F)(F)F)cc4OCC23)CC[C@H](C(=O)O)CC1. The number of sulfone groups is 1. The monoisotopic (exact) mass is 669 g/mol. The van der Waals surface area contributed by atoms with E-state index in [0.29, 0.717) is 6.07 Å². The maximum atomic E-state index is 15.0. The summed E-state index contributed by atoms with van der Waals surface area (Å²) in [5, 5.41) is 9.36. The molecule has 0 bridgehead atoms. The highest BCUT2D eigenvalue weighted by atomic mass is 32.2. The molecular formula is C29H27F8NO6S.